The Bertz CT molecular complexity index is 1270. The van der Waals surface area contributed by atoms with Gasteiger partial charge in [0.1, 0.15) is 110 Å². The summed E-state index contributed by atoms with van der Waals surface area (Å²) in [6, 6.07) is -1.64. The summed E-state index contributed by atoms with van der Waals surface area (Å²) in [5.74, 6) is -0.774. The molecular weight excluding hydrogens is 782 g/mol. The maximum absolute atomic E-state index is 12.1. The van der Waals surface area contributed by atoms with E-state index in [1.165, 1.54) is 13.8 Å². The Kier molecular flexibility index (Phi) is 17.4. The Morgan fingerprint density at radius 1 is 0.614 bits per heavy atom. The maximum atomic E-state index is 12.1. The molecule has 4 saturated heterocycles. The normalized spacial score (nSPS) is 46.4. The quantitative estimate of drug-likeness (QED) is 0.0642. The molecule has 25 nitrogen and oxygen atoms in total. The number of carbonyl (C=O) groups is 2. The second-order valence-corrected chi connectivity index (χ2v) is 14.3. The van der Waals surface area contributed by atoms with Crippen molar-refractivity contribution in [2.45, 2.75) is 168 Å². The van der Waals surface area contributed by atoms with E-state index in [-0.39, 0.29) is 6.29 Å². The molecule has 1 amide bonds. The first-order chi connectivity index (χ1) is 26.8. The number of nitrogens with one attached hydrogen (secondary N) is 1. The predicted octanol–water partition coefficient (Wildman–Crippen LogP) is -9.88. The van der Waals surface area contributed by atoms with Crippen LogP contribution in [0, 0.1) is 0 Å². The van der Waals surface area contributed by atoms with Crippen molar-refractivity contribution in [2.24, 2.45) is 0 Å². The van der Waals surface area contributed by atoms with Gasteiger partial charge in [-0.2, -0.15) is 0 Å². The molecule has 332 valence electrons. The summed E-state index contributed by atoms with van der Waals surface area (Å²) in [7, 11) is 0. The van der Waals surface area contributed by atoms with Crippen LogP contribution in [0.15, 0.2) is 0 Å². The third-order valence-corrected chi connectivity index (χ3v) is 10.2. The van der Waals surface area contributed by atoms with E-state index < -0.39 is 173 Å². The highest BCUT2D eigenvalue weighted by Crippen LogP contribution is 2.35. The largest absolute Gasteiger partial charge is 0.394 e. The van der Waals surface area contributed by atoms with Crippen molar-refractivity contribution >= 4 is 12.2 Å². The minimum Gasteiger partial charge on any atom is -0.394 e. The number of aldehydes is 1. The Balaban J connectivity index is 1.79. The van der Waals surface area contributed by atoms with Crippen molar-refractivity contribution in [3.8, 4) is 0 Å². The van der Waals surface area contributed by atoms with Crippen molar-refractivity contribution < 1.29 is 119 Å². The molecule has 4 heterocycles. The van der Waals surface area contributed by atoms with Gasteiger partial charge in [0.05, 0.1) is 32.0 Å². The minimum atomic E-state index is -2.34. The summed E-state index contributed by atoms with van der Waals surface area (Å²) in [5.41, 5.74) is 0. The highest BCUT2D eigenvalue weighted by molar-refractivity contribution is 5.73. The van der Waals surface area contributed by atoms with E-state index in [2.05, 4.69) is 5.32 Å². The van der Waals surface area contributed by atoms with Gasteiger partial charge in [-0.05, 0) is 13.8 Å². The standard InChI is InChI=1S/C32H55NO24/c1-8-16(41)21(46)23(48)30(50-8)54-25(11(39)4-34)26(12(40)5-35)55-32-28(57-31-24(49)22(47)17(42)9(2)51-31)27(19(44)14(7-37)53-32)56-29-15(33-10(3)38)20(45)18(43)13(6-36)52-29/h5,8-9,11-32,34,36-37,39-49H,4,6-7H2,1-3H3,(H,33,38). The Morgan fingerprint density at radius 2 is 1.11 bits per heavy atom. The molecule has 0 aromatic heterocycles. The van der Waals surface area contributed by atoms with Crippen molar-refractivity contribution in [3.05, 3.63) is 0 Å². The van der Waals surface area contributed by atoms with E-state index in [1.54, 1.807) is 0 Å². The van der Waals surface area contributed by atoms with E-state index in [0.29, 0.717) is 0 Å². The van der Waals surface area contributed by atoms with Crippen LogP contribution in [0.5, 0.6) is 0 Å². The first-order valence-electron chi connectivity index (χ1n) is 18.1. The third kappa shape index (κ3) is 10.6. The van der Waals surface area contributed by atoms with Gasteiger partial charge >= 0.3 is 0 Å². The maximum Gasteiger partial charge on any atom is 0.217 e. The number of aliphatic hydroxyl groups excluding tert-OH is 14. The van der Waals surface area contributed by atoms with Crippen molar-refractivity contribution in [1.82, 2.24) is 5.32 Å². The second kappa shape index (κ2) is 20.7. The van der Waals surface area contributed by atoms with Gasteiger partial charge in [-0.15, -0.1) is 0 Å². The molecule has 0 saturated carbocycles. The number of aliphatic hydroxyl groups is 14. The van der Waals surface area contributed by atoms with E-state index in [4.69, 9.17) is 37.9 Å². The summed E-state index contributed by atoms with van der Waals surface area (Å²) in [6.07, 6.45) is -43.5. The molecule has 25 heteroatoms. The lowest BCUT2D eigenvalue weighted by molar-refractivity contribution is -0.396. The molecule has 0 radical (unpaired) electrons. The van der Waals surface area contributed by atoms with Crippen molar-refractivity contribution in [3.63, 3.8) is 0 Å². The molecule has 0 spiro atoms. The van der Waals surface area contributed by atoms with Crippen LogP contribution in [0.4, 0.5) is 0 Å². The van der Waals surface area contributed by atoms with Crippen molar-refractivity contribution in [1.29, 1.82) is 0 Å². The van der Waals surface area contributed by atoms with Gasteiger partial charge in [0.2, 0.25) is 5.91 Å². The van der Waals surface area contributed by atoms with Crippen LogP contribution in [0.25, 0.3) is 0 Å². The highest BCUT2D eigenvalue weighted by Gasteiger charge is 2.56. The van der Waals surface area contributed by atoms with E-state index >= 15 is 0 Å². The first-order valence-corrected chi connectivity index (χ1v) is 18.1. The molecule has 15 N–H and O–H groups in total. The summed E-state index contributed by atoms with van der Waals surface area (Å²) < 4.78 is 45.9. The Hall–Kier alpha value is -1.74. The monoisotopic (exact) mass is 837 g/mol. The van der Waals surface area contributed by atoms with Gasteiger partial charge in [-0.1, -0.05) is 0 Å². The molecule has 57 heavy (non-hydrogen) atoms. The molecule has 4 aliphatic heterocycles. The lowest BCUT2D eigenvalue weighted by Crippen LogP contribution is -2.69. The lowest BCUT2D eigenvalue weighted by Gasteiger charge is -2.50. The van der Waals surface area contributed by atoms with Crippen LogP contribution >= 0.6 is 0 Å². The summed E-state index contributed by atoms with van der Waals surface area (Å²) >= 11 is 0. The van der Waals surface area contributed by atoms with E-state index in [1.807, 2.05) is 0 Å². The molecule has 0 aromatic rings. The number of ether oxygens (including phenoxy) is 8. The fourth-order valence-corrected chi connectivity index (χ4v) is 6.83. The van der Waals surface area contributed by atoms with Gasteiger partial charge in [0, 0.05) is 6.92 Å². The molecule has 0 aromatic carbocycles. The smallest absolute Gasteiger partial charge is 0.217 e. The van der Waals surface area contributed by atoms with Gasteiger partial charge in [-0.25, -0.2) is 0 Å². The van der Waals surface area contributed by atoms with Crippen LogP contribution in [0.2, 0.25) is 0 Å². The first kappa shape index (κ1) is 47.9. The molecule has 0 bridgehead atoms. The zero-order chi connectivity index (χ0) is 42.6. The molecule has 4 rings (SSSR count). The van der Waals surface area contributed by atoms with E-state index in [0.717, 1.165) is 6.92 Å². The average Bonchev–Trinajstić information content (AvgIpc) is 3.18. The van der Waals surface area contributed by atoms with Crippen molar-refractivity contribution in [2.75, 3.05) is 19.8 Å². The topological polar surface area (TPSA) is 403 Å². The number of hydrogen-bond donors (Lipinski definition) is 15. The average molecular weight is 838 g/mol. The zero-order valence-electron chi connectivity index (χ0n) is 30.9. The van der Waals surface area contributed by atoms with Crippen LogP contribution in [-0.2, 0) is 47.5 Å². The van der Waals surface area contributed by atoms with Gasteiger partial charge < -0.3 is 119 Å². The Labute approximate surface area is 324 Å². The predicted molar refractivity (Wildman–Crippen MR) is 176 cm³/mol. The van der Waals surface area contributed by atoms with Crippen LogP contribution in [-0.4, -0.2) is 251 Å². The fourth-order valence-electron chi connectivity index (χ4n) is 6.83. The molecular formula is C32H55NO24. The number of rotatable bonds is 16. The zero-order valence-corrected chi connectivity index (χ0v) is 30.9. The summed E-state index contributed by atoms with van der Waals surface area (Å²) in [6.45, 7) is 0.498. The molecule has 4 aliphatic rings. The summed E-state index contributed by atoms with van der Waals surface area (Å²) in [5, 5.41) is 150. The van der Waals surface area contributed by atoms with E-state index in [9.17, 15) is 81.1 Å². The number of carbonyl (C=O) groups excluding carboxylic acids is 2. The number of hydrogen-bond acceptors (Lipinski definition) is 24. The summed E-state index contributed by atoms with van der Waals surface area (Å²) in [4.78, 5) is 24.2. The minimum absolute atomic E-state index is 0.113. The molecule has 24 unspecified atom stereocenters. The molecule has 0 aliphatic carbocycles. The highest BCUT2D eigenvalue weighted by atomic mass is 16.8. The molecule has 4 fully saturated rings. The van der Waals surface area contributed by atoms with Crippen LogP contribution in [0.1, 0.15) is 20.8 Å². The number of amides is 1. The second-order valence-electron chi connectivity index (χ2n) is 14.3. The Morgan fingerprint density at radius 3 is 1.63 bits per heavy atom. The molecule has 24 atom stereocenters. The fraction of sp³-hybridized carbons (Fsp3) is 0.938. The van der Waals surface area contributed by atoms with Gasteiger partial charge in [-0.3, -0.25) is 4.79 Å². The lowest BCUT2D eigenvalue weighted by atomic mass is 9.95. The van der Waals surface area contributed by atoms with Gasteiger partial charge in [0.15, 0.2) is 31.4 Å². The van der Waals surface area contributed by atoms with Crippen LogP contribution in [0.3, 0.4) is 0 Å². The third-order valence-electron chi connectivity index (χ3n) is 10.2. The SMILES string of the molecule is CC(=O)NC1C(OC2C(O)C(CO)OC(OC(C(O)C=O)C(OC3OC(C)C(O)C(O)C3O)C(O)CO)C2OC2OC(C)C(O)C(O)C2O)OC(CO)C(O)C1O. The van der Waals surface area contributed by atoms with Gasteiger partial charge in [0.25, 0.3) is 0 Å². The van der Waals surface area contributed by atoms with Crippen LogP contribution < -0.4 is 5.32 Å².